The minimum absolute atomic E-state index is 0.119. The molecule has 0 unspecified atom stereocenters. The van der Waals surface area contributed by atoms with Gasteiger partial charge in [-0.25, -0.2) is 4.79 Å². The molecule has 4 rings (SSSR count). The zero-order chi connectivity index (χ0) is 18.0. The molecule has 1 aromatic carbocycles. The van der Waals surface area contributed by atoms with E-state index in [9.17, 15) is 9.90 Å². The minimum atomic E-state index is -0.665. The predicted molar refractivity (Wildman–Crippen MR) is 102 cm³/mol. The predicted octanol–water partition coefficient (Wildman–Crippen LogP) is 2.69. The van der Waals surface area contributed by atoms with Gasteiger partial charge in [0.05, 0.1) is 16.8 Å². The van der Waals surface area contributed by atoms with E-state index in [0.29, 0.717) is 25.9 Å². The molecule has 2 fully saturated rings. The Kier molecular flexibility index (Phi) is 4.78. The summed E-state index contributed by atoms with van der Waals surface area (Å²) in [5.41, 5.74) is 0.860. The number of para-hydroxylation sites is 1. The lowest BCUT2D eigenvalue weighted by Crippen LogP contribution is -2.52. The smallest absolute Gasteiger partial charge is 0.321 e. The zero-order valence-corrected chi connectivity index (χ0v) is 15.0. The van der Waals surface area contributed by atoms with E-state index < -0.39 is 5.60 Å². The highest BCUT2D eigenvalue weighted by molar-refractivity contribution is 5.99. The minimum Gasteiger partial charge on any atom is -0.388 e. The molecule has 0 bridgehead atoms. The summed E-state index contributed by atoms with van der Waals surface area (Å²) in [5, 5.41) is 14.8. The molecule has 2 aromatic rings. The molecule has 138 valence electrons. The van der Waals surface area contributed by atoms with Crippen molar-refractivity contribution in [3.63, 3.8) is 0 Å². The van der Waals surface area contributed by atoms with Crippen molar-refractivity contribution in [3.05, 3.63) is 36.5 Å². The van der Waals surface area contributed by atoms with Crippen LogP contribution in [0.4, 0.5) is 10.5 Å². The molecule has 1 aromatic heterocycles. The Balaban J connectivity index is 1.37. The van der Waals surface area contributed by atoms with Crippen LogP contribution in [0, 0.1) is 0 Å². The van der Waals surface area contributed by atoms with Gasteiger partial charge in [0.15, 0.2) is 0 Å². The summed E-state index contributed by atoms with van der Waals surface area (Å²) in [6, 6.07) is 9.53. The molecule has 0 aliphatic carbocycles. The number of hydrogen-bond acceptors (Lipinski definition) is 4. The first-order valence-electron chi connectivity index (χ1n) is 9.47. The van der Waals surface area contributed by atoms with Crippen LogP contribution in [-0.2, 0) is 0 Å². The molecule has 6 nitrogen and oxygen atoms in total. The van der Waals surface area contributed by atoms with E-state index in [4.69, 9.17) is 0 Å². The van der Waals surface area contributed by atoms with Gasteiger partial charge in [0.1, 0.15) is 0 Å². The van der Waals surface area contributed by atoms with Crippen LogP contribution in [0.15, 0.2) is 36.5 Å². The number of nitrogens with one attached hydrogen (secondary N) is 1. The number of urea groups is 1. The molecular weight excluding hydrogens is 328 g/mol. The second-order valence-electron chi connectivity index (χ2n) is 7.51. The lowest BCUT2D eigenvalue weighted by Gasteiger charge is -2.40. The molecule has 2 aliphatic rings. The van der Waals surface area contributed by atoms with Gasteiger partial charge in [-0.1, -0.05) is 18.2 Å². The van der Waals surface area contributed by atoms with Crippen LogP contribution in [0.3, 0.4) is 0 Å². The molecule has 3 heterocycles. The van der Waals surface area contributed by atoms with Crippen molar-refractivity contribution < 1.29 is 9.90 Å². The number of amides is 2. The fourth-order valence-electron chi connectivity index (χ4n) is 4.04. The maximum absolute atomic E-state index is 12.7. The number of likely N-dealkylation sites (tertiary alicyclic amines) is 2. The van der Waals surface area contributed by atoms with Crippen LogP contribution in [0.1, 0.15) is 25.7 Å². The third-order valence-corrected chi connectivity index (χ3v) is 5.57. The van der Waals surface area contributed by atoms with Gasteiger partial charge in [-0.05, 0) is 50.9 Å². The Morgan fingerprint density at radius 3 is 2.62 bits per heavy atom. The lowest BCUT2D eigenvalue weighted by molar-refractivity contribution is -0.0331. The monoisotopic (exact) mass is 354 g/mol. The number of pyridine rings is 1. The van der Waals surface area contributed by atoms with Gasteiger partial charge >= 0.3 is 6.03 Å². The number of carbonyl (C=O) groups is 1. The highest BCUT2D eigenvalue weighted by atomic mass is 16.3. The number of carbonyl (C=O) groups excluding carboxylic acids is 1. The summed E-state index contributed by atoms with van der Waals surface area (Å²) in [5.74, 6) is 0. The molecule has 0 atom stereocenters. The number of nitrogens with zero attached hydrogens (tertiary/aromatic N) is 3. The van der Waals surface area contributed by atoms with Crippen LogP contribution < -0.4 is 5.32 Å². The Morgan fingerprint density at radius 1 is 1.12 bits per heavy atom. The number of β-amino-alcohol motifs (C(OH)–C–C–N with tert-alkyl or cyclic N) is 1. The van der Waals surface area contributed by atoms with Crippen molar-refractivity contribution >= 4 is 22.6 Å². The lowest BCUT2D eigenvalue weighted by atomic mass is 9.91. The Morgan fingerprint density at radius 2 is 1.85 bits per heavy atom. The molecule has 2 amide bonds. The van der Waals surface area contributed by atoms with Gasteiger partial charge in [0.2, 0.25) is 0 Å². The van der Waals surface area contributed by atoms with Crippen molar-refractivity contribution in [2.24, 2.45) is 0 Å². The van der Waals surface area contributed by atoms with E-state index in [1.165, 1.54) is 12.8 Å². The molecule has 6 heteroatoms. The van der Waals surface area contributed by atoms with Crippen molar-refractivity contribution in [1.29, 1.82) is 0 Å². The molecule has 0 saturated carbocycles. The van der Waals surface area contributed by atoms with Crippen molar-refractivity contribution in [1.82, 2.24) is 14.8 Å². The van der Waals surface area contributed by atoms with Crippen LogP contribution in [0.5, 0.6) is 0 Å². The van der Waals surface area contributed by atoms with E-state index >= 15 is 0 Å². The summed E-state index contributed by atoms with van der Waals surface area (Å²) >= 11 is 0. The van der Waals surface area contributed by atoms with Gasteiger partial charge in [-0.15, -0.1) is 0 Å². The first-order chi connectivity index (χ1) is 12.6. The highest BCUT2D eigenvalue weighted by Crippen LogP contribution is 2.26. The molecule has 2 N–H and O–H groups in total. The van der Waals surface area contributed by atoms with Crippen LogP contribution in [-0.4, -0.2) is 64.2 Å². The van der Waals surface area contributed by atoms with E-state index in [0.717, 1.165) is 36.2 Å². The number of benzene rings is 1. The van der Waals surface area contributed by atoms with E-state index in [2.05, 4.69) is 15.2 Å². The third-order valence-electron chi connectivity index (χ3n) is 5.57. The fourth-order valence-corrected chi connectivity index (χ4v) is 4.04. The topological polar surface area (TPSA) is 68.7 Å². The largest absolute Gasteiger partial charge is 0.388 e. The SMILES string of the molecule is O=C(Nc1cccc2cccnc12)N1CCC(O)(CN2CCCC2)CC1. The number of hydrogen-bond donors (Lipinski definition) is 2. The summed E-state index contributed by atoms with van der Waals surface area (Å²) < 4.78 is 0. The number of aromatic nitrogens is 1. The highest BCUT2D eigenvalue weighted by Gasteiger charge is 2.36. The molecule has 26 heavy (non-hydrogen) atoms. The molecule has 2 saturated heterocycles. The molecule has 0 spiro atoms. The van der Waals surface area contributed by atoms with Gasteiger partial charge in [-0.3, -0.25) is 4.98 Å². The van der Waals surface area contributed by atoms with Gasteiger partial charge in [-0.2, -0.15) is 0 Å². The summed E-state index contributed by atoms with van der Waals surface area (Å²) in [6.07, 6.45) is 5.44. The Labute approximate surface area is 153 Å². The van der Waals surface area contributed by atoms with E-state index in [-0.39, 0.29) is 6.03 Å². The first kappa shape index (κ1) is 17.2. The van der Waals surface area contributed by atoms with Gasteiger partial charge in [0, 0.05) is 31.2 Å². The normalized spacial score (nSPS) is 20.4. The maximum Gasteiger partial charge on any atom is 0.321 e. The van der Waals surface area contributed by atoms with Gasteiger partial charge in [0.25, 0.3) is 0 Å². The average molecular weight is 354 g/mol. The standard InChI is InChI=1S/C20H26N4O2/c25-19(22-17-7-3-5-16-6-4-10-21-18(16)17)24-13-8-20(26,9-14-24)15-23-11-1-2-12-23/h3-7,10,26H,1-2,8-9,11-15H2,(H,22,25). The number of rotatable bonds is 3. The average Bonchev–Trinajstić information content (AvgIpc) is 3.15. The van der Waals surface area contributed by atoms with Crippen molar-refractivity contribution in [3.8, 4) is 0 Å². The summed E-state index contributed by atoms with van der Waals surface area (Å²) in [7, 11) is 0. The van der Waals surface area contributed by atoms with Crippen molar-refractivity contribution in [2.45, 2.75) is 31.3 Å². The fraction of sp³-hybridized carbons (Fsp3) is 0.500. The number of fused-ring (bicyclic) bond motifs is 1. The molecular formula is C20H26N4O2. The summed E-state index contributed by atoms with van der Waals surface area (Å²) in [6.45, 7) is 4.06. The first-order valence-corrected chi connectivity index (χ1v) is 9.47. The zero-order valence-electron chi connectivity index (χ0n) is 15.0. The third kappa shape index (κ3) is 3.66. The molecule has 2 aliphatic heterocycles. The van der Waals surface area contributed by atoms with E-state index in [1.807, 2.05) is 30.3 Å². The Bertz CT molecular complexity index is 775. The van der Waals surface area contributed by atoms with Crippen LogP contribution in [0.2, 0.25) is 0 Å². The van der Waals surface area contributed by atoms with E-state index in [1.54, 1.807) is 11.1 Å². The molecule has 0 radical (unpaired) electrons. The second kappa shape index (κ2) is 7.21. The Hall–Kier alpha value is -2.18. The number of aliphatic hydroxyl groups is 1. The van der Waals surface area contributed by atoms with Crippen LogP contribution in [0.25, 0.3) is 10.9 Å². The van der Waals surface area contributed by atoms with Crippen molar-refractivity contribution in [2.75, 3.05) is 38.0 Å². The maximum atomic E-state index is 12.7. The number of anilines is 1. The van der Waals surface area contributed by atoms with Gasteiger partial charge < -0.3 is 20.2 Å². The number of piperidine rings is 1. The second-order valence-corrected chi connectivity index (χ2v) is 7.51. The summed E-state index contributed by atoms with van der Waals surface area (Å²) in [4.78, 5) is 21.2. The van der Waals surface area contributed by atoms with Crippen LogP contribution >= 0.6 is 0 Å². The quantitative estimate of drug-likeness (QED) is 0.889.